The van der Waals surface area contributed by atoms with E-state index in [-0.39, 0.29) is 17.0 Å². The van der Waals surface area contributed by atoms with Crippen LogP contribution >= 0.6 is 0 Å². The fourth-order valence-electron chi connectivity index (χ4n) is 1.89. The summed E-state index contributed by atoms with van der Waals surface area (Å²) in [5.74, 6) is 0.287. The normalized spacial score (nSPS) is 27.9. The van der Waals surface area contributed by atoms with Gasteiger partial charge in [0.15, 0.2) is 9.84 Å². The molecule has 1 fully saturated rings. The first-order valence-electron chi connectivity index (χ1n) is 5.58. The number of nitrogens with one attached hydrogen (secondary N) is 1. The van der Waals surface area contributed by atoms with E-state index in [1.165, 1.54) is 0 Å². The van der Waals surface area contributed by atoms with Crippen LogP contribution in [0.3, 0.4) is 0 Å². The average molecular weight is 235 g/mol. The summed E-state index contributed by atoms with van der Waals surface area (Å²) >= 11 is 0. The Labute approximate surface area is 92.3 Å². The van der Waals surface area contributed by atoms with Crippen LogP contribution in [-0.4, -0.2) is 45.7 Å². The predicted octanol–water partition coefficient (Wildman–Crippen LogP) is 0.578. The Balaban J connectivity index is 2.65. The molecule has 1 rings (SSSR count). The summed E-state index contributed by atoms with van der Waals surface area (Å²) in [5.41, 5.74) is 0. The Morgan fingerprint density at radius 2 is 2.20 bits per heavy atom. The number of hydrogen-bond donors (Lipinski definition) is 1. The number of ether oxygens (including phenoxy) is 1. The molecule has 15 heavy (non-hydrogen) atoms. The molecule has 0 saturated carbocycles. The van der Waals surface area contributed by atoms with Crippen molar-refractivity contribution < 1.29 is 13.2 Å². The molecule has 1 aliphatic heterocycles. The predicted molar refractivity (Wildman–Crippen MR) is 60.8 cm³/mol. The van der Waals surface area contributed by atoms with Gasteiger partial charge in [-0.2, -0.15) is 0 Å². The molecule has 0 spiro atoms. The molecule has 0 aromatic carbocycles. The Hall–Kier alpha value is -0.130. The molecule has 1 heterocycles. The Morgan fingerprint density at radius 3 is 2.80 bits per heavy atom. The minimum atomic E-state index is -2.99. The number of unbranched alkanes of at least 4 members (excludes halogenated alkanes) is 1. The monoisotopic (exact) mass is 235 g/mol. The van der Waals surface area contributed by atoms with Crippen molar-refractivity contribution in [2.45, 2.75) is 37.5 Å². The van der Waals surface area contributed by atoms with Crippen LogP contribution in [0.4, 0.5) is 0 Å². The third-order valence-electron chi connectivity index (χ3n) is 2.92. The first-order valence-corrected chi connectivity index (χ1v) is 7.30. The van der Waals surface area contributed by atoms with Gasteiger partial charge in [-0.3, -0.25) is 0 Å². The van der Waals surface area contributed by atoms with Crippen molar-refractivity contribution in [1.82, 2.24) is 5.32 Å². The molecule has 0 aliphatic carbocycles. The smallest absolute Gasteiger partial charge is 0.156 e. The maximum Gasteiger partial charge on any atom is 0.156 e. The van der Waals surface area contributed by atoms with Gasteiger partial charge in [-0.1, -0.05) is 13.3 Å². The molecule has 1 aliphatic rings. The lowest BCUT2D eigenvalue weighted by Gasteiger charge is -2.30. The molecule has 0 amide bonds. The van der Waals surface area contributed by atoms with Gasteiger partial charge in [-0.05, 0) is 19.9 Å². The molecule has 0 aromatic heterocycles. The lowest BCUT2D eigenvalue weighted by Crippen LogP contribution is -2.49. The minimum Gasteiger partial charge on any atom is -0.380 e. The van der Waals surface area contributed by atoms with Gasteiger partial charge in [0.05, 0.1) is 17.6 Å². The standard InChI is InChI=1S/C10H21NO3S/c1-3-4-7-15(12,13)10-8-14-6-5-9(10)11-2/h9-11H,3-8H2,1-2H3. The van der Waals surface area contributed by atoms with E-state index in [9.17, 15) is 8.42 Å². The molecule has 0 radical (unpaired) electrons. The third kappa shape index (κ3) is 3.43. The van der Waals surface area contributed by atoms with Crippen LogP contribution in [0.1, 0.15) is 26.2 Å². The fourth-order valence-corrected chi connectivity index (χ4v) is 3.96. The second-order valence-electron chi connectivity index (χ2n) is 4.02. The zero-order valence-electron chi connectivity index (χ0n) is 9.53. The Bertz CT molecular complexity index is 276. The van der Waals surface area contributed by atoms with E-state index in [4.69, 9.17) is 4.74 Å². The van der Waals surface area contributed by atoms with Gasteiger partial charge >= 0.3 is 0 Å². The quantitative estimate of drug-likeness (QED) is 0.757. The Morgan fingerprint density at radius 1 is 1.47 bits per heavy atom. The highest BCUT2D eigenvalue weighted by Gasteiger charge is 2.34. The largest absolute Gasteiger partial charge is 0.380 e. The summed E-state index contributed by atoms with van der Waals surface area (Å²) in [5, 5.41) is 2.72. The molecule has 4 nitrogen and oxygen atoms in total. The first-order chi connectivity index (χ1) is 7.11. The highest BCUT2D eigenvalue weighted by molar-refractivity contribution is 7.92. The maximum absolute atomic E-state index is 12.0. The molecule has 1 saturated heterocycles. The summed E-state index contributed by atoms with van der Waals surface area (Å²) in [4.78, 5) is 0. The lowest BCUT2D eigenvalue weighted by atomic mass is 10.1. The van der Waals surface area contributed by atoms with Crippen molar-refractivity contribution in [3.8, 4) is 0 Å². The number of hydrogen-bond acceptors (Lipinski definition) is 4. The van der Waals surface area contributed by atoms with Crippen molar-refractivity contribution in [2.24, 2.45) is 0 Å². The topological polar surface area (TPSA) is 55.4 Å². The molecular weight excluding hydrogens is 214 g/mol. The molecule has 1 N–H and O–H groups in total. The Kier molecular flexibility index (Phi) is 5.02. The average Bonchev–Trinajstić information content (AvgIpc) is 2.26. The summed E-state index contributed by atoms with van der Waals surface area (Å²) in [7, 11) is -1.18. The van der Waals surface area contributed by atoms with Gasteiger partial charge in [0, 0.05) is 12.6 Å². The minimum absolute atomic E-state index is 0.0561. The number of sulfone groups is 1. The zero-order chi connectivity index (χ0) is 11.3. The maximum atomic E-state index is 12.0. The van der Waals surface area contributed by atoms with E-state index in [0.717, 1.165) is 19.3 Å². The van der Waals surface area contributed by atoms with Crippen molar-refractivity contribution in [1.29, 1.82) is 0 Å². The van der Waals surface area contributed by atoms with Gasteiger partial charge < -0.3 is 10.1 Å². The SMILES string of the molecule is CCCCS(=O)(=O)C1COCCC1NC. The lowest BCUT2D eigenvalue weighted by molar-refractivity contribution is 0.0825. The van der Waals surface area contributed by atoms with Crippen molar-refractivity contribution in [3.05, 3.63) is 0 Å². The van der Waals surface area contributed by atoms with Gasteiger partial charge in [0.2, 0.25) is 0 Å². The van der Waals surface area contributed by atoms with E-state index in [1.807, 2.05) is 14.0 Å². The molecule has 0 bridgehead atoms. The zero-order valence-corrected chi connectivity index (χ0v) is 10.3. The second-order valence-corrected chi connectivity index (χ2v) is 6.36. The molecule has 5 heteroatoms. The van der Waals surface area contributed by atoms with E-state index < -0.39 is 9.84 Å². The van der Waals surface area contributed by atoms with E-state index in [1.54, 1.807) is 0 Å². The third-order valence-corrected chi connectivity index (χ3v) is 5.16. The summed E-state index contributed by atoms with van der Waals surface area (Å²) < 4.78 is 29.2. The van der Waals surface area contributed by atoms with Crippen LogP contribution in [0.25, 0.3) is 0 Å². The second kappa shape index (κ2) is 5.82. The van der Waals surface area contributed by atoms with E-state index >= 15 is 0 Å². The summed E-state index contributed by atoms with van der Waals surface area (Å²) in [6, 6.07) is 0.0561. The van der Waals surface area contributed by atoms with Crippen molar-refractivity contribution >= 4 is 9.84 Å². The van der Waals surface area contributed by atoms with Crippen LogP contribution in [0.5, 0.6) is 0 Å². The van der Waals surface area contributed by atoms with Crippen molar-refractivity contribution in [3.63, 3.8) is 0 Å². The number of rotatable bonds is 5. The molecule has 2 atom stereocenters. The summed E-state index contributed by atoms with van der Waals surface area (Å²) in [6.45, 7) is 3.01. The van der Waals surface area contributed by atoms with Gasteiger partial charge in [0.1, 0.15) is 0 Å². The van der Waals surface area contributed by atoms with Crippen LogP contribution in [0.15, 0.2) is 0 Å². The highest BCUT2D eigenvalue weighted by Crippen LogP contribution is 2.17. The van der Waals surface area contributed by atoms with Crippen LogP contribution in [0.2, 0.25) is 0 Å². The van der Waals surface area contributed by atoms with Crippen LogP contribution in [0, 0.1) is 0 Å². The summed E-state index contributed by atoms with van der Waals surface area (Å²) in [6.07, 6.45) is 2.44. The first kappa shape index (κ1) is 12.9. The molecule has 2 unspecified atom stereocenters. The van der Waals surface area contributed by atoms with E-state index in [0.29, 0.717) is 13.2 Å². The van der Waals surface area contributed by atoms with Gasteiger partial charge in [0.25, 0.3) is 0 Å². The van der Waals surface area contributed by atoms with Gasteiger partial charge in [-0.25, -0.2) is 8.42 Å². The van der Waals surface area contributed by atoms with Gasteiger partial charge in [-0.15, -0.1) is 0 Å². The van der Waals surface area contributed by atoms with Crippen LogP contribution < -0.4 is 5.32 Å². The van der Waals surface area contributed by atoms with E-state index in [2.05, 4.69) is 5.32 Å². The fraction of sp³-hybridized carbons (Fsp3) is 1.00. The highest BCUT2D eigenvalue weighted by atomic mass is 32.2. The van der Waals surface area contributed by atoms with Crippen molar-refractivity contribution in [2.75, 3.05) is 26.0 Å². The van der Waals surface area contributed by atoms with Crippen LogP contribution in [-0.2, 0) is 14.6 Å². The molecule has 0 aromatic rings. The molecular formula is C10H21NO3S. The molecule has 90 valence electrons.